The molecule has 1 atom stereocenters. The van der Waals surface area contributed by atoms with Gasteiger partial charge in [0, 0.05) is 6.42 Å². The van der Waals surface area contributed by atoms with Crippen molar-refractivity contribution in [3.05, 3.63) is 0 Å². The minimum absolute atomic E-state index is 0.121. The molecule has 0 aromatic heterocycles. The summed E-state index contributed by atoms with van der Waals surface area (Å²) in [4.78, 5) is 10.4. The van der Waals surface area contributed by atoms with Crippen LogP contribution in [0, 0.1) is 0 Å². The number of carboxylic acids is 1. The third-order valence-electron chi connectivity index (χ3n) is 2.08. The zero-order valence-electron chi connectivity index (χ0n) is 8.29. The zero-order valence-corrected chi connectivity index (χ0v) is 8.29. The summed E-state index contributed by atoms with van der Waals surface area (Å²) in [6.45, 7) is 6.01. The number of hydrogen-bond donors (Lipinski definition) is 1. The lowest BCUT2D eigenvalue weighted by atomic mass is 10.0. The first-order chi connectivity index (χ1) is 5.83. The highest BCUT2D eigenvalue weighted by Crippen LogP contribution is 2.33. The molecule has 0 aromatic carbocycles. The van der Waals surface area contributed by atoms with Crippen LogP contribution < -0.4 is 0 Å². The lowest BCUT2D eigenvalue weighted by molar-refractivity contribution is -0.161. The lowest BCUT2D eigenvalue weighted by Gasteiger charge is -2.24. The fourth-order valence-electron chi connectivity index (χ4n) is 1.47. The maximum atomic E-state index is 10.4. The van der Waals surface area contributed by atoms with E-state index in [2.05, 4.69) is 0 Å². The molecule has 1 aliphatic heterocycles. The standard InChI is InChI=1S/C9H16O4/c1-8(2)12-6-9(3,13-8)5-4-7(10)11/h4-6H2,1-3H3,(H,10,11)/t9-/m0/s1. The molecule has 0 amide bonds. The van der Waals surface area contributed by atoms with E-state index in [0.29, 0.717) is 13.0 Å². The van der Waals surface area contributed by atoms with E-state index in [0.717, 1.165) is 0 Å². The average Bonchev–Trinajstić information content (AvgIpc) is 2.23. The minimum atomic E-state index is -0.797. The summed E-state index contributed by atoms with van der Waals surface area (Å²) in [7, 11) is 0. The fourth-order valence-corrected chi connectivity index (χ4v) is 1.47. The van der Waals surface area contributed by atoms with Crippen LogP contribution in [0.25, 0.3) is 0 Å². The Balaban J connectivity index is 2.45. The van der Waals surface area contributed by atoms with Crippen LogP contribution in [0.1, 0.15) is 33.6 Å². The van der Waals surface area contributed by atoms with Crippen LogP contribution in [0.4, 0.5) is 0 Å². The molecule has 4 nitrogen and oxygen atoms in total. The molecule has 4 heteroatoms. The van der Waals surface area contributed by atoms with E-state index in [1.807, 2.05) is 20.8 Å². The van der Waals surface area contributed by atoms with E-state index < -0.39 is 17.4 Å². The van der Waals surface area contributed by atoms with Gasteiger partial charge in [0.15, 0.2) is 5.79 Å². The van der Waals surface area contributed by atoms with E-state index in [1.165, 1.54) is 0 Å². The quantitative estimate of drug-likeness (QED) is 0.727. The van der Waals surface area contributed by atoms with Crippen molar-refractivity contribution in [3.63, 3.8) is 0 Å². The molecular weight excluding hydrogens is 172 g/mol. The molecule has 0 aromatic rings. The van der Waals surface area contributed by atoms with Gasteiger partial charge in [0.2, 0.25) is 0 Å². The summed E-state index contributed by atoms with van der Waals surface area (Å²) >= 11 is 0. The molecule has 0 aliphatic carbocycles. The Hall–Kier alpha value is -0.610. The summed E-state index contributed by atoms with van der Waals surface area (Å²) in [5, 5.41) is 8.52. The average molecular weight is 188 g/mol. The van der Waals surface area contributed by atoms with E-state index >= 15 is 0 Å². The van der Waals surface area contributed by atoms with Gasteiger partial charge < -0.3 is 14.6 Å². The van der Waals surface area contributed by atoms with Gasteiger partial charge in [-0.2, -0.15) is 0 Å². The SMILES string of the molecule is CC1(C)OC[C@](C)(CCC(=O)O)O1. The third kappa shape index (κ3) is 2.97. The molecular formula is C9H16O4. The molecule has 0 spiro atoms. The molecule has 0 radical (unpaired) electrons. The van der Waals surface area contributed by atoms with Crippen LogP contribution in [0.2, 0.25) is 0 Å². The van der Waals surface area contributed by atoms with Gasteiger partial charge in [-0.3, -0.25) is 4.79 Å². The van der Waals surface area contributed by atoms with Crippen molar-refractivity contribution in [2.75, 3.05) is 6.61 Å². The normalized spacial score (nSPS) is 31.9. The number of hydrogen-bond acceptors (Lipinski definition) is 3. The molecule has 76 valence electrons. The van der Waals surface area contributed by atoms with Gasteiger partial charge >= 0.3 is 5.97 Å². The number of carbonyl (C=O) groups is 1. The highest BCUT2D eigenvalue weighted by molar-refractivity contribution is 5.66. The first-order valence-electron chi connectivity index (χ1n) is 4.39. The predicted molar refractivity (Wildman–Crippen MR) is 46.4 cm³/mol. The predicted octanol–water partition coefficient (Wildman–Crippen LogP) is 1.39. The Bertz CT molecular complexity index is 212. The zero-order chi connectivity index (χ0) is 10.1. The highest BCUT2D eigenvalue weighted by Gasteiger charge is 2.41. The lowest BCUT2D eigenvalue weighted by Crippen LogP contribution is -2.31. The van der Waals surface area contributed by atoms with Gasteiger partial charge in [0.1, 0.15) is 0 Å². The minimum Gasteiger partial charge on any atom is -0.481 e. The van der Waals surface area contributed by atoms with Crippen molar-refractivity contribution in [1.29, 1.82) is 0 Å². The molecule has 13 heavy (non-hydrogen) atoms. The molecule has 1 saturated heterocycles. The maximum Gasteiger partial charge on any atom is 0.303 e. The van der Waals surface area contributed by atoms with Crippen LogP contribution in [0.3, 0.4) is 0 Å². The second kappa shape index (κ2) is 3.27. The Kier molecular flexibility index (Phi) is 2.63. The Morgan fingerprint density at radius 2 is 2.08 bits per heavy atom. The van der Waals surface area contributed by atoms with Crippen molar-refractivity contribution in [2.24, 2.45) is 0 Å². The van der Waals surface area contributed by atoms with Gasteiger partial charge in [0.25, 0.3) is 0 Å². The summed E-state index contributed by atoms with van der Waals surface area (Å²) in [5.74, 6) is -1.37. The first kappa shape index (κ1) is 10.5. The van der Waals surface area contributed by atoms with Crippen molar-refractivity contribution in [3.8, 4) is 0 Å². The summed E-state index contributed by atoms with van der Waals surface area (Å²) < 4.78 is 11.0. The molecule has 0 bridgehead atoms. The van der Waals surface area contributed by atoms with E-state index in [1.54, 1.807) is 0 Å². The molecule has 1 rings (SSSR count). The van der Waals surface area contributed by atoms with E-state index in [4.69, 9.17) is 14.6 Å². The molecule has 0 saturated carbocycles. The van der Waals surface area contributed by atoms with Crippen molar-refractivity contribution >= 4 is 5.97 Å². The Morgan fingerprint density at radius 1 is 1.46 bits per heavy atom. The summed E-state index contributed by atoms with van der Waals surface area (Å²) in [6, 6.07) is 0. The maximum absolute atomic E-state index is 10.4. The number of rotatable bonds is 3. The number of aliphatic carboxylic acids is 1. The van der Waals surface area contributed by atoms with Crippen LogP contribution in [-0.4, -0.2) is 29.1 Å². The molecule has 1 fully saturated rings. The Morgan fingerprint density at radius 3 is 2.46 bits per heavy atom. The largest absolute Gasteiger partial charge is 0.481 e. The fraction of sp³-hybridized carbons (Fsp3) is 0.889. The molecule has 1 aliphatic rings. The van der Waals surface area contributed by atoms with Gasteiger partial charge in [-0.1, -0.05) is 0 Å². The summed E-state index contributed by atoms with van der Waals surface area (Å²) in [6.07, 6.45) is 0.613. The van der Waals surface area contributed by atoms with Gasteiger partial charge in [-0.25, -0.2) is 0 Å². The van der Waals surface area contributed by atoms with Crippen molar-refractivity contribution in [1.82, 2.24) is 0 Å². The smallest absolute Gasteiger partial charge is 0.303 e. The second-order valence-corrected chi connectivity index (χ2v) is 4.13. The summed E-state index contributed by atoms with van der Waals surface area (Å²) in [5.41, 5.74) is -0.443. The van der Waals surface area contributed by atoms with E-state index in [-0.39, 0.29) is 6.42 Å². The van der Waals surface area contributed by atoms with Crippen LogP contribution in [0.5, 0.6) is 0 Å². The number of ether oxygens (including phenoxy) is 2. The van der Waals surface area contributed by atoms with Crippen LogP contribution >= 0.6 is 0 Å². The van der Waals surface area contributed by atoms with Gasteiger partial charge in [-0.05, 0) is 27.2 Å². The second-order valence-electron chi connectivity index (χ2n) is 4.13. The monoisotopic (exact) mass is 188 g/mol. The third-order valence-corrected chi connectivity index (χ3v) is 2.08. The van der Waals surface area contributed by atoms with Gasteiger partial charge in [0.05, 0.1) is 12.2 Å². The topological polar surface area (TPSA) is 55.8 Å². The molecule has 0 unspecified atom stereocenters. The van der Waals surface area contributed by atoms with Crippen LogP contribution in [-0.2, 0) is 14.3 Å². The van der Waals surface area contributed by atoms with Gasteiger partial charge in [-0.15, -0.1) is 0 Å². The van der Waals surface area contributed by atoms with Crippen LogP contribution in [0.15, 0.2) is 0 Å². The van der Waals surface area contributed by atoms with Crippen molar-refractivity contribution < 1.29 is 19.4 Å². The molecule has 1 N–H and O–H groups in total. The van der Waals surface area contributed by atoms with Crippen molar-refractivity contribution in [2.45, 2.75) is 45.0 Å². The Labute approximate surface area is 77.8 Å². The number of carboxylic acid groups (broad SMARTS) is 1. The highest BCUT2D eigenvalue weighted by atomic mass is 16.7. The van der Waals surface area contributed by atoms with E-state index in [9.17, 15) is 4.79 Å². The molecule has 1 heterocycles. The first-order valence-corrected chi connectivity index (χ1v) is 4.39.